The molecule has 2 rings (SSSR count). The molecule has 88 valence electrons. The van der Waals surface area contributed by atoms with Gasteiger partial charge in [-0.1, -0.05) is 19.8 Å². The fourth-order valence-electron chi connectivity index (χ4n) is 3.18. The smallest absolute Gasteiger partial charge is 0.0555 e. The Kier molecular flexibility index (Phi) is 4.04. The Morgan fingerprint density at radius 1 is 1.00 bits per heavy atom. The highest BCUT2D eigenvalue weighted by molar-refractivity contribution is 4.85. The van der Waals surface area contributed by atoms with Gasteiger partial charge in [0.15, 0.2) is 0 Å². The molecular formula is C13H25NO. The standard InChI is InChI=1S/C13H25NO/c1-10-5-2-3-8-13(10)14-11-6-4-7-12(15)9-11/h10-15H,2-9H2,1H3. The Hall–Kier alpha value is -0.0800. The van der Waals surface area contributed by atoms with Crippen molar-refractivity contribution in [3.63, 3.8) is 0 Å². The largest absolute Gasteiger partial charge is 0.393 e. The van der Waals surface area contributed by atoms with Crippen molar-refractivity contribution in [1.82, 2.24) is 5.32 Å². The Morgan fingerprint density at radius 2 is 1.80 bits per heavy atom. The van der Waals surface area contributed by atoms with E-state index in [1.807, 2.05) is 0 Å². The first-order valence-corrected chi connectivity index (χ1v) is 6.70. The molecule has 2 aliphatic carbocycles. The minimum atomic E-state index is -0.0462. The Labute approximate surface area is 93.5 Å². The van der Waals surface area contributed by atoms with Gasteiger partial charge in [0, 0.05) is 12.1 Å². The van der Waals surface area contributed by atoms with Gasteiger partial charge in [0.25, 0.3) is 0 Å². The van der Waals surface area contributed by atoms with Crippen LogP contribution >= 0.6 is 0 Å². The molecule has 0 aromatic rings. The van der Waals surface area contributed by atoms with E-state index in [0.29, 0.717) is 12.1 Å². The summed E-state index contributed by atoms with van der Waals surface area (Å²) in [5.41, 5.74) is 0. The molecule has 0 aromatic heterocycles. The molecule has 0 heterocycles. The van der Waals surface area contributed by atoms with E-state index < -0.39 is 0 Å². The fourth-order valence-corrected chi connectivity index (χ4v) is 3.18. The summed E-state index contributed by atoms with van der Waals surface area (Å²) in [5.74, 6) is 0.831. The van der Waals surface area contributed by atoms with E-state index in [4.69, 9.17) is 0 Å². The van der Waals surface area contributed by atoms with Gasteiger partial charge in [-0.25, -0.2) is 0 Å². The number of aliphatic hydroxyl groups is 1. The van der Waals surface area contributed by atoms with Crippen molar-refractivity contribution in [2.24, 2.45) is 5.92 Å². The monoisotopic (exact) mass is 211 g/mol. The number of hydrogen-bond acceptors (Lipinski definition) is 2. The molecule has 15 heavy (non-hydrogen) atoms. The average molecular weight is 211 g/mol. The molecule has 0 aliphatic heterocycles. The average Bonchev–Trinajstić information content (AvgIpc) is 2.22. The van der Waals surface area contributed by atoms with Crippen molar-refractivity contribution in [3.8, 4) is 0 Å². The van der Waals surface area contributed by atoms with Crippen LogP contribution in [0.25, 0.3) is 0 Å². The number of nitrogens with one attached hydrogen (secondary N) is 1. The molecule has 2 N–H and O–H groups in total. The van der Waals surface area contributed by atoms with Crippen LogP contribution in [0, 0.1) is 5.92 Å². The maximum absolute atomic E-state index is 9.63. The maximum atomic E-state index is 9.63. The van der Waals surface area contributed by atoms with Gasteiger partial charge in [0.1, 0.15) is 0 Å². The molecule has 4 atom stereocenters. The lowest BCUT2D eigenvalue weighted by molar-refractivity contribution is 0.102. The normalized spacial score (nSPS) is 42.8. The highest BCUT2D eigenvalue weighted by Crippen LogP contribution is 2.26. The summed E-state index contributed by atoms with van der Waals surface area (Å²) in [6.45, 7) is 2.37. The van der Waals surface area contributed by atoms with Crippen molar-refractivity contribution in [1.29, 1.82) is 0 Å². The predicted octanol–water partition coefficient (Wildman–Crippen LogP) is 2.46. The molecule has 2 nitrogen and oxygen atoms in total. The number of aliphatic hydroxyl groups excluding tert-OH is 1. The molecule has 0 bridgehead atoms. The fraction of sp³-hybridized carbons (Fsp3) is 1.00. The molecular weight excluding hydrogens is 186 g/mol. The summed E-state index contributed by atoms with van der Waals surface area (Å²) >= 11 is 0. The molecule has 2 fully saturated rings. The zero-order chi connectivity index (χ0) is 10.7. The molecule has 0 aromatic carbocycles. The third-order valence-corrected chi connectivity index (χ3v) is 4.21. The van der Waals surface area contributed by atoms with Crippen LogP contribution in [0.5, 0.6) is 0 Å². The van der Waals surface area contributed by atoms with Crippen LogP contribution in [0.4, 0.5) is 0 Å². The summed E-state index contributed by atoms with van der Waals surface area (Å²) in [7, 11) is 0. The molecule has 2 saturated carbocycles. The van der Waals surface area contributed by atoms with Crippen molar-refractivity contribution in [2.75, 3.05) is 0 Å². The highest BCUT2D eigenvalue weighted by Gasteiger charge is 2.26. The van der Waals surface area contributed by atoms with Crippen molar-refractivity contribution in [2.45, 2.75) is 76.5 Å². The minimum Gasteiger partial charge on any atom is -0.393 e. The van der Waals surface area contributed by atoms with E-state index in [9.17, 15) is 5.11 Å². The zero-order valence-electron chi connectivity index (χ0n) is 9.91. The second-order valence-electron chi connectivity index (χ2n) is 5.55. The van der Waals surface area contributed by atoms with Gasteiger partial charge in [-0.05, 0) is 44.4 Å². The molecule has 2 aliphatic rings. The lowest BCUT2D eigenvalue weighted by Gasteiger charge is -2.35. The van der Waals surface area contributed by atoms with Crippen LogP contribution in [0.1, 0.15) is 58.3 Å². The van der Waals surface area contributed by atoms with Gasteiger partial charge in [0.2, 0.25) is 0 Å². The summed E-state index contributed by atoms with van der Waals surface area (Å²) in [5, 5.41) is 13.4. The summed E-state index contributed by atoms with van der Waals surface area (Å²) in [6, 6.07) is 1.30. The third kappa shape index (κ3) is 3.18. The van der Waals surface area contributed by atoms with Gasteiger partial charge in [-0.15, -0.1) is 0 Å². The van der Waals surface area contributed by atoms with E-state index in [0.717, 1.165) is 18.8 Å². The summed E-state index contributed by atoms with van der Waals surface area (Å²) in [6.07, 6.45) is 9.92. The lowest BCUT2D eigenvalue weighted by Crippen LogP contribution is -2.46. The first kappa shape index (κ1) is 11.4. The van der Waals surface area contributed by atoms with E-state index in [-0.39, 0.29) is 6.10 Å². The molecule has 0 saturated heterocycles. The van der Waals surface area contributed by atoms with E-state index in [1.54, 1.807) is 0 Å². The highest BCUT2D eigenvalue weighted by atomic mass is 16.3. The van der Waals surface area contributed by atoms with Gasteiger partial charge in [-0.3, -0.25) is 0 Å². The van der Waals surface area contributed by atoms with Crippen LogP contribution in [0.3, 0.4) is 0 Å². The molecule has 0 amide bonds. The van der Waals surface area contributed by atoms with E-state index >= 15 is 0 Å². The summed E-state index contributed by atoms with van der Waals surface area (Å²) in [4.78, 5) is 0. The molecule has 0 radical (unpaired) electrons. The zero-order valence-corrected chi connectivity index (χ0v) is 9.91. The van der Waals surface area contributed by atoms with Crippen LogP contribution in [-0.4, -0.2) is 23.3 Å². The first-order valence-electron chi connectivity index (χ1n) is 6.70. The first-order chi connectivity index (χ1) is 7.25. The second kappa shape index (κ2) is 5.31. The predicted molar refractivity (Wildman–Crippen MR) is 62.8 cm³/mol. The van der Waals surface area contributed by atoms with Crippen molar-refractivity contribution < 1.29 is 5.11 Å². The van der Waals surface area contributed by atoms with Crippen LogP contribution < -0.4 is 5.32 Å². The number of hydrogen-bond donors (Lipinski definition) is 2. The van der Waals surface area contributed by atoms with Gasteiger partial charge in [0.05, 0.1) is 6.10 Å². The molecule has 0 spiro atoms. The van der Waals surface area contributed by atoms with Gasteiger partial charge < -0.3 is 10.4 Å². The molecule has 2 heteroatoms. The van der Waals surface area contributed by atoms with Crippen LogP contribution in [-0.2, 0) is 0 Å². The topological polar surface area (TPSA) is 32.3 Å². The van der Waals surface area contributed by atoms with E-state index in [1.165, 1.54) is 38.5 Å². The van der Waals surface area contributed by atoms with Crippen LogP contribution in [0.15, 0.2) is 0 Å². The summed E-state index contributed by atoms with van der Waals surface area (Å²) < 4.78 is 0. The van der Waals surface area contributed by atoms with Gasteiger partial charge in [-0.2, -0.15) is 0 Å². The molecule has 4 unspecified atom stereocenters. The van der Waals surface area contributed by atoms with Crippen molar-refractivity contribution >= 4 is 0 Å². The Morgan fingerprint density at radius 3 is 2.53 bits per heavy atom. The Bertz CT molecular complexity index is 195. The number of rotatable bonds is 2. The SMILES string of the molecule is CC1CCCCC1NC1CCCC(O)C1. The second-order valence-corrected chi connectivity index (χ2v) is 5.55. The minimum absolute atomic E-state index is 0.0462. The van der Waals surface area contributed by atoms with Gasteiger partial charge >= 0.3 is 0 Å². The lowest BCUT2D eigenvalue weighted by atomic mass is 9.84. The van der Waals surface area contributed by atoms with Crippen LogP contribution in [0.2, 0.25) is 0 Å². The Balaban J connectivity index is 1.79. The van der Waals surface area contributed by atoms with E-state index in [2.05, 4.69) is 12.2 Å². The maximum Gasteiger partial charge on any atom is 0.0555 e. The quantitative estimate of drug-likeness (QED) is 0.735. The third-order valence-electron chi connectivity index (χ3n) is 4.21. The van der Waals surface area contributed by atoms with Crippen molar-refractivity contribution in [3.05, 3.63) is 0 Å².